The number of carbonyl (C=O) groups is 1. The molecule has 82 valence electrons. The third kappa shape index (κ3) is 1.61. The van der Waals surface area contributed by atoms with Crippen LogP contribution in [-0.4, -0.2) is 16.5 Å². The lowest BCUT2D eigenvalue weighted by atomic mass is 9.99. The van der Waals surface area contributed by atoms with Crippen molar-refractivity contribution in [3.8, 4) is 11.1 Å². The van der Waals surface area contributed by atoms with Crippen LogP contribution in [0.25, 0.3) is 21.9 Å². The highest BCUT2D eigenvalue weighted by molar-refractivity contribution is 5.98. The van der Waals surface area contributed by atoms with Gasteiger partial charge in [0.25, 0.3) is 0 Å². The van der Waals surface area contributed by atoms with Crippen LogP contribution in [0, 0.1) is 0 Å². The van der Waals surface area contributed by atoms with Crippen molar-refractivity contribution >= 4 is 17.1 Å². The largest absolute Gasteiger partial charge is 0.298 e. The summed E-state index contributed by atoms with van der Waals surface area (Å²) in [5.74, 6) is 0. The summed E-state index contributed by atoms with van der Waals surface area (Å²) in [4.78, 5) is 10.7. The standard InChI is InChI=1S/C14H10N2O/c17-9-10-4-5-14-11(6-10)2-1-3-13(14)12-7-15-16-8-12/h1-9H,(H,15,16). The molecule has 0 radical (unpaired) electrons. The molecular formula is C14H10N2O. The molecule has 3 rings (SSSR count). The fraction of sp³-hybridized carbons (Fsp3) is 0. The lowest BCUT2D eigenvalue weighted by molar-refractivity contribution is 0.112. The van der Waals surface area contributed by atoms with Gasteiger partial charge in [-0.3, -0.25) is 9.89 Å². The minimum Gasteiger partial charge on any atom is -0.298 e. The van der Waals surface area contributed by atoms with Crippen molar-refractivity contribution in [1.29, 1.82) is 0 Å². The van der Waals surface area contributed by atoms with E-state index in [1.807, 2.05) is 42.6 Å². The molecule has 0 aliphatic heterocycles. The van der Waals surface area contributed by atoms with Gasteiger partial charge < -0.3 is 0 Å². The summed E-state index contributed by atoms with van der Waals surface area (Å²) in [7, 11) is 0. The Kier molecular flexibility index (Phi) is 2.22. The number of aromatic amines is 1. The summed E-state index contributed by atoms with van der Waals surface area (Å²) < 4.78 is 0. The van der Waals surface area contributed by atoms with Crippen LogP contribution < -0.4 is 0 Å². The molecule has 1 aromatic heterocycles. The zero-order chi connectivity index (χ0) is 11.7. The number of hydrogen-bond acceptors (Lipinski definition) is 2. The smallest absolute Gasteiger partial charge is 0.150 e. The SMILES string of the molecule is O=Cc1ccc2c(-c3cn[nH]c3)cccc2c1. The molecule has 0 saturated carbocycles. The van der Waals surface area contributed by atoms with Crippen molar-refractivity contribution in [2.24, 2.45) is 0 Å². The molecule has 0 atom stereocenters. The Morgan fingerprint density at radius 2 is 2.12 bits per heavy atom. The fourth-order valence-corrected chi connectivity index (χ4v) is 2.03. The van der Waals surface area contributed by atoms with E-state index in [4.69, 9.17) is 0 Å². The van der Waals surface area contributed by atoms with Gasteiger partial charge in [-0.1, -0.05) is 30.3 Å². The lowest BCUT2D eigenvalue weighted by Crippen LogP contribution is -1.83. The highest BCUT2D eigenvalue weighted by Gasteiger charge is 2.04. The zero-order valence-corrected chi connectivity index (χ0v) is 9.05. The Labute approximate surface area is 98.1 Å². The van der Waals surface area contributed by atoms with E-state index in [-0.39, 0.29) is 0 Å². The van der Waals surface area contributed by atoms with E-state index in [1.165, 1.54) is 0 Å². The molecule has 0 saturated heterocycles. The van der Waals surface area contributed by atoms with Gasteiger partial charge in [-0.2, -0.15) is 5.10 Å². The van der Waals surface area contributed by atoms with Gasteiger partial charge >= 0.3 is 0 Å². The Bertz CT molecular complexity index is 672. The molecule has 0 aliphatic rings. The molecule has 0 bridgehead atoms. The highest BCUT2D eigenvalue weighted by atomic mass is 16.1. The van der Waals surface area contributed by atoms with E-state index in [0.717, 1.165) is 28.2 Å². The maximum Gasteiger partial charge on any atom is 0.150 e. The summed E-state index contributed by atoms with van der Waals surface area (Å²) in [5.41, 5.74) is 2.87. The Hall–Kier alpha value is -2.42. The van der Waals surface area contributed by atoms with Crippen LogP contribution in [0.15, 0.2) is 48.8 Å². The number of rotatable bonds is 2. The molecule has 3 nitrogen and oxygen atoms in total. The molecule has 0 amide bonds. The van der Waals surface area contributed by atoms with Gasteiger partial charge in [0.15, 0.2) is 0 Å². The number of aldehydes is 1. The first-order chi connectivity index (χ1) is 8.38. The number of nitrogens with one attached hydrogen (secondary N) is 1. The summed E-state index contributed by atoms with van der Waals surface area (Å²) >= 11 is 0. The average molecular weight is 222 g/mol. The van der Waals surface area contributed by atoms with Crippen LogP contribution in [0.2, 0.25) is 0 Å². The average Bonchev–Trinajstić information content (AvgIpc) is 2.91. The number of aromatic nitrogens is 2. The summed E-state index contributed by atoms with van der Waals surface area (Å²) in [6.45, 7) is 0. The second kappa shape index (κ2) is 3.87. The number of hydrogen-bond donors (Lipinski definition) is 1. The minimum atomic E-state index is 0.696. The summed E-state index contributed by atoms with van der Waals surface area (Å²) in [5, 5.41) is 8.95. The van der Waals surface area contributed by atoms with Crippen LogP contribution in [-0.2, 0) is 0 Å². The third-order valence-corrected chi connectivity index (χ3v) is 2.85. The molecule has 17 heavy (non-hydrogen) atoms. The van der Waals surface area contributed by atoms with E-state index in [2.05, 4.69) is 10.2 Å². The lowest BCUT2D eigenvalue weighted by Gasteiger charge is -2.04. The Morgan fingerprint density at radius 3 is 2.88 bits per heavy atom. The van der Waals surface area contributed by atoms with E-state index >= 15 is 0 Å². The topological polar surface area (TPSA) is 45.8 Å². The molecule has 0 unspecified atom stereocenters. The van der Waals surface area contributed by atoms with Crippen molar-refractivity contribution in [1.82, 2.24) is 10.2 Å². The first-order valence-corrected chi connectivity index (χ1v) is 5.35. The molecular weight excluding hydrogens is 212 g/mol. The second-order valence-corrected chi connectivity index (χ2v) is 3.89. The molecule has 0 fully saturated rings. The van der Waals surface area contributed by atoms with Gasteiger partial charge in [0.1, 0.15) is 6.29 Å². The number of nitrogens with zero attached hydrogens (tertiary/aromatic N) is 1. The third-order valence-electron chi connectivity index (χ3n) is 2.85. The van der Waals surface area contributed by atoms with Gasteiger partial charge in [0, 0.05) is 17.3 Å². The van der Waals surface area contributed by atoms with Crippen molar-refractivity contribution in [3.05, 3.63) is 54.4 Å². The number of H-pyrrole nitrogens is 1. The Morgan fingerprint density at radius 1 is 1.18 bits per heavy atom. The predicted octanol–water partition coefficient (Wildman–Crippen LogP) is 3.04. The van der Waals surface area contributed by atoms with Crippen molar-refractivity contribution < 1.29 is 4.79 Å². The van der Waals surface area contributed by atoms with Crippen LogP contribution in [0.3, 0.4) is 0 Å². The highest BCUT2D eigenvalue weighted by Crippen LogP contribution is 2.28. The van der Waals surface area contributed by atoms with Crippen LogP contribution >= 0.6 is 0 Å². The zero-order valence-electron chi connectivity index (χ0n) is 9.05. The first-order valence-electron chi connectivity index (χ1n) is 5.35. The van der Waals surface area contributed by atoms with Crippen molar-refractivity contribution in [2.45, 2.75) is 0 Å². The normalized spacial score (nSPS) is 10.6. The maximum atomic E-state index is 10.7. The minimum absolute atomic E-state index is 0.696. The monoisotopic (exact) mass is 222 g/mol. The van der Waals surface area contributed by atoms with E-state index in [0.29, 0.717) is 5.56 Å². The van der Waals surface area contributed by atoms with Crippen LogP contribution in [0.4, 0.5) is 0 Å². The Balaban J connectivity index is 2.30. The molecule has 0 spiro atoms. The predicted molar refractivity (Wildman–Crippen MR) is 66.9 cm³/mol. The summed E-state index contributed by atoms with van der Waals surface area (Å²) in [6.07, 6.45) is 4.52. The molecule has 3 heteroatoms. The van der Waals surface area contributed by atoms with Gasteiger partial charge in [-0.25, -0.2) is 0 Å². The van der Waals surface area contributed by atoms with Crippen molar-refractivity contribution in [2.75, 3.05) is 0 Å². The van der Waals surface area contributed by atoms with E-state index in [1.54, 1.807) is 6.20 Å². The fourth-order valence-electron chi connectivity index (χ4n) is 2.03. The molecule has 1 N–H and O–H groups in total. The summed E-state index contributed by atoms with van der Waals surface area (Å²) in [6, 6.07) is 11.7. The van der Waals surface area contributed by atoms with Crippen molar-refractivity contribution in [3.63, 3.8) is 0 Å². The number of carbonyl (C=O) groups excluding carboxylic acids is 1. The molecule has 1 heterocycles. The van der Waals surface area contributed by atoms with Gasteiger partial charge in [-0.05, 0) is 22.4 Å². The van der Waals surface area contributed by atoms with E-state index < -0.39 is 0 Å². The maximum absolute atomic E-state index is 10.7. The molecule has 3 aromatic rings. The molecule has 0 aliphatic carbocycles. The number of fused-ring (bicyclic) bond motifs is 1. The van der Waals surface area contributed by atoms with Gasteiger partial charge in [-0.15, -0.1) is 0 Å². The van der Waals surface area contributed by atoms with Crippen LogP contribution in [0.1, 0.15) is 10.4 Å². The number of benzene rings is 2. The first kappa shape index (κ1) is 9.78. The quantitative estimate of drug-likeness (QED) is 0.677. The van der Waals surface area contributed by atoms with Gasteiger partial charge in [0.05, 0.1) is 6.20 Å². The van der Waals surface area contributed by atoms with Crippen LogP contribution in [0.5, 0.6) is 0 Å². The second-order valence-electron chi connectivity index (χ2n) is 3.89. The van der Waals surface area contributed by atoms with Gasteiger partial charge in [0.2, 0.25) is 0 Å². The molecule has 2 aromatic carbocycles. The van der Waals surface area contributed by atoms with E-state index in [9.17, 15) is 4.79 Å².